The van der Waals surface area contributed by atoms with Crippen LogP contribution in [-0.2, 0) is 4.84 Å². The van der Waals surface area contributed by atoms with Gasteiger partial charge in [-0.2, -0.15) is 0 Å². The first-order valence-corrected chi connectivity index (χ1v) is 3.81. The maximum absolute atomic E-state index is 10.5. The van der Waals surface area contributed by atoms with Crippen LogP contribution in [0.1, 0.15) is 6.92 Å². The van der Waals surface area contributed by atoms with Crippen LogP contribution in [0, 0.1) is 15.5 Å². The molecule has 1 aliphatic rings. The van der Waals surface area contributed by atoms with Crippen molar-refractivity contribution >= 4 is 11.4 Å². The largest absolute Gasteiger partial charge is 0.399 e. The molecule has 1 aliphatic carbocycles. The third-order valence-electron chi connectivity index (χ3n) is 1.74. The summed E-state index contributed by atoms with van der Waals surface area (Å²) in [5.74, 6) is 0. The Morgan fingerprint density at radius 1 is 1.57 bits per heavy atom. The highest BCUT2D eigenvalue weighted by molar-refractivity contribution is 6.52. The Morgan fingerprint density at radius 2 is 2.21 bits per heavy atom. The molecule has 14 heavy (non-hydrogen) atoms. The molecule has 1 rings (SSSR count). The Bertz CT molecular complexity index is 379. The van der Waals surface area contributed by atoms with E-state index in [2.05, 4.69) is 9.99 Å². The smallest absolute Gasteiger partial charge is 0.296 e. The molecule has 1 N–H and O–H groups in total. The normalized spacial score (nSPS) is 19.0. The zero-order valence-corrected chi connectivity index (χ0v) is 7.77. The fourth-order valence-electron chi connectivity index (χ4n) is 1.05. The van der Waals surface area contributed by atoms with Gasteiger partial charge in [0, 0.05) is 6.08 Å². The molecule has 0 atom stereocenters. The Morgan fingerprint density at radius 3 is 2.71 bits per heavy atom. The fourth-order valence-corrected chi connectivity index (χ4v) is 1.05. The van der Waals surface area contributed by atoms with E-state index in [9.17, 15) is 10.1 Å². The van der Waals surface area contributed by atoms with Crippen LogP contribution in [0.25, 0.3) is 0 Å². The topological polar surface area (TPSA) is 88.6 Å². The SMILES string of the molecule is CO/N=C1\C(=N)C([N+](=O)[O-])=CC=C1C. The highest BCUT2D eigenvalue weighted by atomic mass is 16.6. The first-order chi connectivity index (χ1) is 6.57. The van der Waals surface area contributed by atoms with Crippen molar-refractivity contribution in [1.82, 2.24) is 0 Å². The van der Waals surface area contributed by atoms with Crippen LogP contribution in [0.15, 0.2) is 28.6 Å². The highest BCUT2D eigenvalue weighted by Gasteiger charge is 2.26. The molecule has 0 heterocycles. The molecule has 6 heteroatoms. The second-order valence-corrected chi connectivity index (χ2v) is 2.66. The quantitative estimate of drug-likeness (QED) is 0.407. The van der Waals surface area contributed by atoms with Gasteiger partial charge in [-0.05, 0) is 12.5 Å². The second-order valence-electron chi connectivity index (χ2n) is 2.66. The number of nitrogens with one attached hydrogen (secondary N) is 1. The minimum absolute atomic E-state index is 0.196. The summed E-state index contributed by atoms with van der Waals surface area (Å²) in [4.78, 5) is 14.4. The Hall–Kier alpha value is -1.98. The molecule has 0 spiro atoms. The minimum Gasteiger partial charge on any atom is -0.399 e. The summed E-state index contributed by atoms with van der Waals surface area (Å²) >= 11 is 0. The van der Waals surface area contributed by atoms with Gasteiger partial charge in [0.2, 0.25) is 0 Å². The molecule has 6 nitrogen and oxygen atoms in total. The first kappa shape index (κ1) is 10.1. The second kappa shape index (κ2) is 3.82. The Balaban J connectivity index is 3.15. The summed E-state index contributed by atoms with van der Waals surface area (Å²) in [6.45, 7) is 1.71. The summed E-state index contributed by atoms with van der Waals surface area (Å²) in [7, 11) is 1.33. The fraction of sp³-hybridized carbons (Fsp3) is 0.250. The van der Waals surface area contributed by atoms with Crippen LogP contribution in [0.2, 0.25) is 0 Å². The zero-order chi connectivity index (χ0) is 10.7. The molecule has 0 aromatic heterocycles. The van der Waals surface area contributed by atoms with Crippen LogP contribution in [-0.4, -0.2) is 23.5 Å². The lowest BCUT2D eigenvalue weighted by Gasteiger charge is -2.08. The maximum atomic E-state index is 10.5. The van der Waals surface area contributed by atoms with E-state index in [1.807, 2.05) is 0 Å². The maximum Gasteiger partial charge on any atom is 0.296 e. The van der Waals surface area contributed by atoms with Crippen molar-refractivity contribution < 1.29 is 9.76 Å². The number of nitro groups is 1. The van der Waals surface area contributed by atoms with Gasteiger partial charge in [0.05, 0.1) is 4.92 Å². The van der Waals surface area contributed by atoms with E-state index >= 15 is 0 Å². The number of hydrogen-bond acceptors (Lipinski definition) is 5. The van der Waals surface area contributed by atoms with Gasteiger partial charge in [-0.15, -0.1) is 0 Å². The van der Waals surface area contributed by atoms with E-state index in [1.165, 1.54) is 19.3 Å². The van der Waals surface area contributed by atoms with Crippen molar-refractivity contribution in [2.45, 2.75) is 6.92 Å². The lowest BCUT2D eigenvalue weighted by Crippen LogP contribution is -2.24. The summed E-state index contributed by atoms with van der Waals surface area (Å²) in [6, 6.07) is 0. The molecule has 74 valence electrons. The minimum atomic E-state index is -0.615. The average molecular weight is 195 g/mol. The molecule has 0 aliphatic heterocycles. The van der Waals surface area contributed by atoms with Crippen LogP contribution in [0.4, 0.5) is 0 Å². The van der Waals surface area contributed by atoms with Gasteiger partial charge in [0.25, 0.3) is 5.70 Å². The molecule has 0 amide bonds. The monoisotopic (exact) mass is 195 g/mol. The van der Waals surface area contributed by atoms with Crippen LogP contribution in [0.5, 0.6) is 0 Å². The summed E-state index contributed by atoms with van der Waals surface area (Å²) in [5.41, 5.74) is 0.368. The summed E-state index contributed by atoms with van der Waals surface area (Å²) in [6.07, 6.45) is 2.82. The molecular weight excluding hydrogens is 186 g/mol. The molecular formula is C8H9N3O3. The van der Waals surface area contributed by atoms with Crippen LogP contribution in [0.3, 0.4) is 0 Å². The van der Waals surface area contributed by atoms with Crippen molar-refractivity contribution in [2.75, 3.05) is 7.11 Å². The van der Waals surface area contributed by atoms with E-state index in [0.29, 0.717) is 5.57 Å². The molecule has 0 aromatic rings. The van der Waals surface area contributed by atoms with Crippen molar-refractivity contribution in [3.05, 3.63) is 33.5 Å². The van der Waals surface area contributed by atoms with Gasteiger partial charge in [-0.25, -0.2) is 0 Å². The predicted molar refractivity (Wildman–Crippen MR) is 51.0 cm³/mol. The van der Waals surface area contributed by atoms with Gasteiger partial charge in [0.15, 0.2) is 5.71 Å². The van der Waals surface area contributed by atoms with Gasteiger partial charge in [-0.1, -0.05) is 11.2 Å². The van der Waals surface area contributed by atoms with Crippen LogP contribution >= 0.6 is 0 Å². The average Bonchev–Trinajstić information content (AvgIpc) is 2.11. The number of nitrogens with zero attached hydrogens (tertiary/aromatic N) is 2. The van der Waals surface area contributed by atoms with Gasteiger partial charge in [-0.3, -0.25) is 15.5 Å². The Kier molecular flexibility index (Phi) is 2.76. The third kappa shape index (κ3) is 1.68. The Labute approximate surface area is 80.2 Å². The zero-order valence-electron chi connectivity index (χ0n) is 7.77. The number of oxime groups is 1. The first-order valence-electron chi connectivity index (χ1n) is 3.81. The molecule has 0 aromatic carbocycles. The molecule has 0 saturated heterocycles. The van der Waals surface area contributed by atoms with Crippen molar-refractivity contribution in [1.29, 1.82) is 5.41 Å². The summed E-state index contributed by atoms with van der Waals surface area (Å²) in [5, 5.41) is 21.6. The molecule has 0 radical (unpaired) electrons. The molecule has 0 bridgehead atoms. The molecule has 0 unspecified atom stereocenters. The van der Waals surface area contributed by atoms with E-state index in [1.54, 1.807) is 6.92 Å². The van der Waals surface area contributed by atoms with Crippen molar-refractivity contribution in [3.63, 3.8) is 0 Å². The van der Waals surface area contributed by atoms with Crippen molar-refractivity contribution in [2.24, 2.45) is 5.16 Å². The third-order valence-corrected chi connectivity index (χ3v) is 1.74. The summed E-state index contributed by atoms with van der Waals surface area (Å²) < 4.78 is 0. The van der Waals surface area contributed by atoms with Crippen molar-refractivity contribution in [3.8, 4) is 0 Å². The van der Waals surface area contributed by atoms with E-state index in [-0.39, 0.29) is 17.1 Å². The highest BCUT2D eigenvalue weighted by Crippen LogP contribution is 2.13. The predicted octanol–water partition coefficient (Wildman–Crippen LogP) is 1.13. The van der Waals surface area contributed by atoms with Crippen LogP contribution < -0.4 is 0 Å². The number of hydrogen-bond donors (Lipinski definition) is 1. The molecule has 0 fully saturated rings. The van der Waals surface area contributed by atoms with E-state index in [4.69, 9.17) is 5.41 Å². The molecule has 0 saturated carbocycles. The van der Waals surface area contributed by atoms with Gasteiger partial charge < -0.3 is 4.84 Å². The lowest BCUT2D eigenvalue weighted by atomic mass is 10.00. The lowest BCUT2D eigenvalue weighted by molar-refractivity contribution is -0.414. The standard InChI is InChI=1S/C8H9N3O3/c1-5-3-4-6(11(12)13)7(9)8(5)10-14-2/h3-4,9H,1-2H3/b9-7?,10-8-. The van der Waals surface area contributed by atoms with Gasteiger partial charge in [0.1, 0.15) is 12.8 Å². The van der Waals surface area contributed by atoms with Gasteiger partial charge >= 0.3 is 0 Å². The number of allylic oxidation sites excluding steroid dienone is 4. The number of rotatable bonds is 2. The van der Waals surface area contributed by atoms with E-state index in [0.717, 1.165) is 0 Å². The van der Waals surface area contributed by atoms with E-state index < -0.39 is 4.92 Å².